The zero-order valence-electron chi connectivity index (χ0n) is 14.6. The molecule has 1 N–H and O–H groups in total. The van der Waals surface area contributed by atoms with Gasteiger partial charge in [0.2, 0.25) is 0 Å². The third-order valence-electron chi connectivity index (χ3n) is 4.50. The van der Waals surface area contributed by atoms with Crippen LogP contribution in [0.4, 0.5) is 11.5 Å². The molecule has 0 aliphatic carbocycles. The zero-order chi connectivity index (χ0) is 17.4. The predicted octanol–water partition coefficient (Wildman–Crippen LogP) is 5.07. The summed E-state index contributed by atoms with van der Waals surface area (Å²) < 4.78 is 2.16. The molecule has 0 aliphatic heterocycles. The normalized spacial score (nSPS) is 11.0. The molecule has 0 radical (unpaired) electrons. The van der Waals surface area contributed by atoms with Gasteiger partial charge in [-0.2, -0.15) is 0 Å². The van der Waals surface area contributed by atoms with Crippen LogP contribution in [0.5, 0.6) is 0 Å². The summed E-state index contributed by atoms with van der Waals surface area (Å²) in [5.74, 6) is 0.971. The van der Waals surface area contributed by atoms with Gasteiger partial charge in [0.05, 0.1) is 0 Å². The van der Waals surface area contributed by atoms with Crippen LogP contribution < -0.4 is 5.32 Å². The summed E-state index contributed by atoms with van der Waals surface area (Å²) in [5.41, 5.74) is 7.50. The van der Waals surface area contributed by atoms with Crippen molar-refractivity contribution >= 4 is 17.2 Å². The number of imidazole rings is 1. The number of aryl methyl sites for hydroxylation is 3. The van der Waals surface area contributed by atoms with Crippen molar-refractivity contribution in [3.63, 3.8) is 0 Å². The Morgan fingerprint density at radius 1 is 0.880 bits per heavy atom. The van der Waals surface area contributed by atoms with E-state index in [1.165, 1.54) is 11.1 Å². The van der Waals surface area contributed by atoms with Crippen molar-refractivity contribution < 1.29 is 0 Å². The Morgan fingerprint density at radius 3 is 2.36 bits per heavy atom. The molecular weight excluding hydrogens is 308 g/mol. The molecule has 0 atom stereocenters. The highest BCUT2D eigenvalue weighted by atomic mass is 15.1. The number of pyridine rings is 2. The van der Waals surface area contributed by atoms with Crippen molar-refractivity contribution in [2.45, 2.75) is 20.8 Å². The smallest absolute Gasteiger partial charge is 0.143 e. The van der Waals surface area contributed by atoms with E-state index >= 15 is 0 Å². The first kappa shape index (κ1) is 15.4. The number of nitrogens with zero attached hydrogens (tertiary/aromatic N) is 3. The van der Waals surface area contributed by atoms with Crippen LogP contribution in [0.15, 0.2) is 60.9 Å². The SMILES string of the molecule is Cc1cccc(C)c1Nc1c(-c2cccnc2)nc2cccc(C)n12. The van der Waals surface area contributed by atoms with Crippen LogP contribution in [0.3, 0.4) is 0 Å². The predicted molar refractivity (Wildman–Crippen MR) is 102 cm³/mol. The van der Waals surface area contributed by atoms with Crippen LogP contribution in [0.25, 0.3) is 16.9 Å². The van der Waals surface area contributed by atoms with E-state index in [0.717, 1.165) is 34.1 Å². The monoisotopic (exact) mass is 328 g/mol. The first-order chi connectivity index (χ1) is 12.1. The minimum absolute atomic E-state index is 0.907. The van der Waals surface area contributed by atoms with E-state index in [1.54, 1.807) is 6.20 Å². The van der Waals surface area contributed by atoms with Crippen LogP contribution in [0.1, 0.15) is 16.8 Å². The minimum Gasteiger partial charge on any atom is -0.339 e. The average molecular weight is 328 g/mol. The molecule has 25 heavy (non-hydrogen) atoms. The van der Waals surface area contributed by atoms with E-state index < -0.39 is 0 Å². The summed E-state index contributed by atoms with van der Waals surface area (Å²) in [6.45, 7) is 6.34. The molecule has 0 saturated carbocycles. The van der Waals surface area contributed by atoms with Gasteiger partial charge >= 0.3 is 0 Å². The summed E-state index contributed by atoms with van der Waals surface area (Å²) in [4.78, 5) is 9.12. The molecular formula is C21H20N4. The van der Waals surface area contributed by atoms with E-state index in [9.17, 15) is 0 Å². The fraction of sp³-hybridized carbons (Fsp3) is 0.143. The quantitative estimate of drug-likeness (QED) is 0.571. The second-order valence-corrected chi connectivity index (χ2v) is 6.30. The van der Waals surface area contributed by atoms with Gasteiger partial charge in [0.1, 0.15) is 17.2 Å². The molecule has 0 aliphatic rings. The highest BCUT2D eigenvalue weighted by Gasteiger charge is 2.17. The van der Waals surface area contributed by atoms with Gasteiger partial charge in [0, 0.05) is 29.3 Å². The third kappa shape index (κ3) is 2.66. The third-order valence-corrected chi connectivity index (χ3v) is 4.50. The van der Waals surface area contributed by atoms with Gasteiger partial charge in [-0.25, -0.2) is 4.98 Å². The van der Waals surface area contributed by atoms with E-state index in [-0.39, 0.29) is 0 Å². The molecule has 4 rings (SSSR count). The van der Waals surface area contributed by atoms with Crippen molar-refractivity contribution in [3.05, 3.63) is 77.7 Å². The summed E-state index contributed by atoms with van der Waals surface area (Å²) in [6.07, 6.45) is 3.64. The molecule has 3 aromatic heterocycles. The maximum atomic E-state index is 4.86. The number of benzene rings is 1. The van der Waals surface area contributed by atoms with Crippen molar-refractivity contribution in [2.75, 3.05) is 5.32 Å². The van der Waals surface area contributed by atoms with Crippen molar-refractivity contribution in [2.24, 2.45) is 0 Å². The van der Waals surface area contributed by atoms with Crippen LogP contribution in [0.2, 0.25) is 0 Å². The van der Waals surface area contributed by atoms with Crippen LogP contribution in [-0.4, -0.2) is 14.4 Å². The summed E-state index contributed by atoms with van der Waals surface area (Å²) >= 11 is 0. The Morgan fingerprint density at radius 2 is 1.64 bits per heavy atom. The highest BCUT2D eigenvalue weighted by molar-refractivity contribution is 5.81. The minimum atomic E-state index is 0.907. The van der Waals surface area contributed by atoms with Gasteiger partial charge < -0.3 is 5.32 Å². The van der Waals surface area contributed by atoms with Gasteiger partial charge in [0.15, 0.2) is 0 Å². The molecule has 124 valence electrons. The lowest BCUT2D eigenvalue weighted by Gasteiger charge is -2.15. The van der Waals surface area contributed by atoms with Gasteiger partial charge in [-0.05, 0) is 56.2 Å². The van der Waals surface area contributed by atoms with E-state index in [4.69, 9.17) is 4.98 Å². The number of hydrogen-bond acceptors (Lipinski definition) is 3. The maximum absolute atomic E-state index is 4.86. The van der Waals surface area contributed by atoms with Crippen LogP contribution in [-0.2, 0) is 0 Å². The first-order valence-corrected chi connectivity index (χ1v) is 8.37. The molecule has 0 bridgehead atoms. The molecule has 4 heteroatoms. The van der Waals surface area contributed by atoms with Gasteiger partial charge in [-0.15, -0.1) is 0 Å². The first-order valence-electron chi connectivity index (χ1n) is 8.37. The maximum Gasteiger partial charge on any atom is 0.143 e. The molecule has 0 fully saturated rings. The number of aromatic nitrogens is 3. The fourth-order valence-corrected chi connectivity index (χ4v) is 3.20. The van der Waals surface area contributed by atoms with E-state index in [2.05, 4.69) is 59.7 Å². The van der Waals surface area contributed by atoms with Crippen LogP contribution >= 0.6 is 0 Å². The van der Waals surface area contributed by atoms with Crippen LogP contribution in [0, 0.1) is 20.8 Å². The van der Waals surface area contributed by atoms with Crippen molar-refractivity contribution in [1.82, 2.24) is 14.4 Å². The largest absolute Gasteiger partial charge is 0.339 e. The summed E-state index contributed by atoms with van der Waals surface area (Å²) in [6, 6.07) is 16.5. The molecule has 3 heterocycles. The van der Waals surface area contributed by atoms with E-state index in [0.29, 0.717) is 0 Å². The number of anilines is 2. The van der Waals surface area contributed by atoms with Gasteiger partial charge in [-0.1, -0.05) is 24.3 Å². The number of fused-ring (bicyclic) bond motifs is 1. The topological polar surface area (TPSA) is 42.2 Å². The Kier molecular flexibility index (Phi) is 3.73. The molecule has 0 saturated heterocycles. The molecule has 1 aromatic carbocycles. The number of para-hydroxylation sites is 1. The number of hydrogen-bond donors (Lipinski definition) is 1. The summed E-state index contributed by atoms with van der Waals surface area (Å²) in [5, 5.41) is 3.64. The Bertz CT molecular complexity index is 1030. The number of nitrogens with one attached hydrogen (secondary N) is 1. The highest BCUT2D eigenvalue weighted by Crippen LogP contribution is 2.33. The lowest BCUT2D eigenvalue weighted by Crippen LogP contribution is -2.02. The molecule has 4 aromatic rings. The Labute approximate surface area is 147 Å². The van der Waals surface area contributed by atoms with Gasteiger partial charge in [0.25, 0.3) is 0 Å². The number of rotatable bonds is 3. The lowest BCUT2D eigenvalue weighted by molar-refractivity contribution is 1.09. The van der Waals surface area contributed by atoms with Crippen molar-refractivity contribution in [1.29, 1.82) is 0 Å². The lowest BCUT2D eigenvalue weighted by atomic mass is 10.1. The second-order valence-electron chi connectivity index (χ2n) is 6.30. The second kappa shape index (κ2) is 6.06. The molecule has 4 nitrogen and oxygen atoms in total. The zero-order valence-corrected chi connectivity index (χ0v) is 14.6. The molecule has 0 unspecified atom stereocenters. The van der Waals surface area contributed by atoms with Gasteiger partial charge in [-0.3, -0.25) is 9.38 Å². The Hall–Kier alpha value is -3.14. The molecule has 0 spiro atoms. The standard InChI is InChI=1S/C21H20N4/c1-14-7-4-8-15(2)19(14)24-21-20(17-10-6-12-22-13-17)23-18-11-5-9-16(3)25(18)21/h4-13,24H,1-3H3. The summed E-state index contributed by atoms with van der Waals surface area (Å²) in [7, 11) is 0. The van der Waals surface area contributed by atoms with Crippen molar-refractivity contribution in [3.8, 4) is 11.3 Å². The molecule has 0 amide bonds. The Balaban J connectivity index is 1.98. The average Bonchev–Trinajstić information content (AvgIpc) is 2.99. The fourth-order valence-electron chi connectivity index (χ4n) is 3.20. The van der Waals surface area contributed by atoms with E-state index in [1.807, 2.05) is 30.5 Å².